The van der Waals surface area contributed by atoms with Crippen LogP contribution >= 0.6 is 0 Å². The molecule has 0 radical (unpaired) electrons. The Balaban J connectivity index is 1.72. The molecule has 0 spiro atoms. The molecular formula is C15H14FNO2. The minimum absolute atomic E-state index is 0.250. The van der Waals surface area contributed by atoms with E-state index in [4.69, 9.17) is 9.47 Å². The summed E-state index contributed by atoms with van der Waals surface area (Å²) < 4.78 is 24.4. The van der Waals surface area contributed by atoms with Crippen molar-refractivity contribution in [2.75, 3.05) is 18.5 Å². The van der Waals surface area contributed by atoms with E-state index < -0.39 is 0 Å². The summed E-state index contributed by atoms with van der Waals surface area (Å²) >= 11 is 0. The van der Waals surface area contributed by atoms with Crippen molar-refractivity contribution in [2.45, 2.75) is 6.54 Å². The molecule has 0 atom stereocenters. The molecular weight excluding hydrogens is 245 g/mol. The van der Waals surface area contributed by atoms with Gasteiger partial charge in [0.25, 0.3) is 0 Å². The van der Waals surface area contributed by atoms with Gasteiger partial charge in [-0.1, -0.05) is 18.2 Å². The van der Waals surface area contributed by atoms with Gasteiger partial charge in [-0.2, -0.15) is 0 Å². The number of rotatable bonds is 3. The van der Waals surface area contributed by atoms with Crippen LogP contribution in [-0.4, -0.2) is 13.2 Å². The highest BCUT2D eigenvalue weighted by atomic mass is 19.1. The largest absolute Gasteiger partial charge is 0.486 e. The fourth-order valence-corrected chi connectivity index (χ4v) is 2.00. The molecule has 0 fully saturated rings. The molecule has 1 heterocycles. The Morgan fingerprint density at radius 3 is 2.63 bits per heavy atom. The van der Waals surface area contributed by atoms with Gasteiger partial charge in [0.05, 0.1) is 5.69 Å². The van der Waals surface area contributed by atoms with Gasteiger partial charge < -0.3 is 14.8 Å². The molecule has 0 bridgehead atoms. The summed E-state index contributed by atoms with van der Waals surface area (Å²) in [6.45, 7) is 1.69. The molecule has 1 aliphatic heterocycles. The maximum absolute atomic E-state index is 13.5. The van der Waals surface area contributed by atoms with Crippen LogP contribution in [0.5, 0.6) is 11.5 Å². The van der Waals surface area contributed by atoms with Crippen molar-refractivity contribution < 1.29 is 13.9 Å². The minimum atomic E-state index is -0.250. The number of hydrogen-bond acceptors (Lipinski definition) is 3. The number of nitrogens with one attached hydrogen (secondary N) is 1. The van der Waals surface area contributed by atoms with Crippen molar-refractivity contribution in [1.82, 2.24) is 0 Å². The summed E-state index contributed by atoms with van der Waals surface area (Å²) in [5.41, 5.74) is 1.52. The van der Waals surface area contributed by atoms with E-state index in [0.29, 0.717) is 25.4 Å². The van der Waals surface area contributed by atoms with Gasteiger partial charge in [-0.25, -0.2) is 4.39 Å². The lowest BCUT2D eigenvalue weighted by atomic mass is 10.2. The van der Waals surface area contributed by atoms with Gasteiger partial charge in [0.15, 0.2) is 11.5 Å². The lowest BCUT2D eigenvalue weighted by Gasteiger charge is -2.19. The average molecular weight is 259 g/mol. The molecule has 2 aromatic carbocycles. The molecule has 0 saturated carbocycles. The molecule has 1 N–H and O–H groups in total. The number of ether oxygens (including phenoxy) is 2. The van der Waals surface area contributed by atoms with Crippen molar-refractivity contribution in [1.29, 1.82) is 0 Å². The molecule has 0 amide bonds. The maximum Gasteiger partial charge on any atom is 0.161 e. The third kappa shape index (κ3) is 2.62. The van der Waals surface area contributed by atoms with Gasteiger partial charge in [-0.15, -0.1) is 0 Å². The van der Waals surface area contributed by atoms with E-state index in [0.717, 1.165) is 17.1 Å². The van der Waals surface area contributed by atoms with Crippen molar-refractivity contribution >= 4 is 5.69 Å². The first-order chi connectivity index (χ1) is 9.33. The van der Waals surface area contributed by atoms with Crippen LogP contribution in [0.2, 0.25) is 0 Å². The van der Waals surface area contributed by atoms with Gasteiger partial charge >= 0.3 is 0 Å². The van der Waals surface area contributed by atoms with E-state index in [1.165, 1.54) is 6.07 Å². The molecule has 19 heavy (non-hydrogen) atoms. The fraction of sp³-hybridized carbons (Fsp3) is 0.200. The van der Waals surface area contributed by atoms with Gasteiger partial charge in [0.2, 0.25) is 0 Å². The summed E-state index contributed by atoms with van der Waals surface area (Å²) in [5.74, 6) is 1.26. The highest BCUT2D eigenvalue weighted by Crippen LogP contribution is 2.31. The van der Waals surface area contributed by atoms with E-state index in [1.807, 2.05) is 18.2 Å². The first-order valence-corrected chi connectivity index (χ1v) is 6.20. The Morgan fingerprint density at radius 2 is 1.79 bits per heavy atom. The minimum Gasteiger partial charge on any atom is -0.486 e. The molecule has 4 heteroatoms. The van der Waals surface area contributed by atoms with Crippen LogP contribution in [0, 0.1) is 5.82 Å². The second-order valence-electron chi connectivity index (χ2n) is 4.31. The van der Waals surface area contributed by atoms with Crippen LogP contribution in [0.1, 0.15) is 5.56 Å². The average Bonchev–Trinajstić information content (AvgIpc) is 2.46. The maximum atomic E-state index is 13.5. The number of halogens is 1. The Morgan fingerprint density at radius 1 is 1.00 bits per heavy atom. The smallest absolute Gasteiger partial charge is 0.161 e. The third-order valence-corrected chi connectivity index (χ3v) is 2.96. The lowest BCUT2D eigenvalue weighted by Crippen LogP contribution is -2.15. The molecule has 1 aliphatic rings. The monoisotopic (exact) mass is 259 g/mol. The van der Waals surface area contributed by atoms with Gasteiger partial charge in [0.1, 0.15) is 19.0 Å². The van der Waals surface area contributed by atoms with Crippen molar-refractivity contribution in [2.24, 2.45) is 0 Å². The van der Waals surface area contributed by atoms with Crippen LogP contribution in [-0.2, 0) is 6.54 Å². The number of anilines is 1. The van der Waals surface area contributed by atoms with E-state index in [9.17, 15) is 4.39 Å². The molecule has 98 valence electrons. The molecule has 0 aliphatic carbocycles. The molecule has 0 saturated heterocycles. The first-order valence-electron chi connectivity index (χ1n) is 6.20. The Bertz CT molecular complexity index is 586. The Kier molecular flexibility index (Phi) is 3.23. The highest BCUT2D eigenvalue weighted by Gasteiger charge is 2.11. The Hall–Kier alpha value is -2.23. The zero-order chi connectivity index (χ0) is 13.1. The fourth-order valence-electron chi connectivity index (χ4n) is 2.00. The number of benzene rings is 2. The number of hydrogen-bond donors (Lipinski definition) is 1. The topological polar surface area (TPSA) is 30.5 Å². The predicted octanol–water partition coefficient (Wildman–Crippen LogP) is 3.21. The van der Waals surface area contributed by atoms with Crippen LogP contribution in [0.3, 0.4) is 0 Å². The van der Waals surface area contributed by atoms with Gasteiger partial charge in [-0.3, -0.25) is 0 Å². The zero-order valence-electron chi connectivity index (χ0n) is 10.4. The normalized spacial score (nSPS) is 13.1. The van der Waals surface area contributed by atoms with Crippen LogP contribution < -0.4 is 14.8 Å². The van der Waals surface area contributed by atoms with Crippen LogP contribution in [0.25, 0.3) is 0 Å². The summed E-state index contributed by atoms with van der Waals surface area (Å²) in [5, 5.41) is 3.06. The van der Waals surface area contributed by atoms with Crippen LogP contribution in [0.15, 0.2) is 42.5 Å². The quantitative estimate of drug-likeness (QED) is 0.918. The van der Waals surface area contributed by atoms with E-state index >= 15 is 0 Å². The summed E-state index contributed by atoms with van der Waals surface area (Å²) in [6, 6.07) is 12.4. The Labute approximate surface area is 111 Å². The lowest BCUT2D eigenvalue weighted by molar-refractivity contribution is 0.171. The second-order valence-corrected chi connectivity index (χ2v) is 4.31. The van der Waals surface area contributed by atoms with E-state index in [1.54, 1.807) is 18.2 Å². The van der Waals surface area contributed by atoms with Crippen LogP contribution in [0.4, 0.5) is 10.1 Å². The van der Waals surface area contributed by atoms with Gasteiger partial charge in [-0.05, 0) is 29.8 Å². The standard InChI is InChI=1S/C15H14FNO2/c16-12-3-1-2-4-13(12)17-10-11-5-6-14-15(9-11)19-8-7-18-14/h1-6,9,17H,7-8,10H2. The predicted molar refractivity (Wildman–Crippen MR) is 71.2 cm³/mol. The van der Waals surface area contributed by atoms with Crippen molar-refractivity contribution in [3.05, 3.63) is 53.8 Å². The summed E-state index contributed by atoms with van der Waals surface area (Å²) in [7, 11) is 0. The molecule has 3 rings (SSSR count). The van der Waals surface area contributed by atoms with E-state index in [2.05, 4.69) is 5.32 Å². The zero-order valence-corrected chi connectivity index (χ0v) is 10.4. The molecule has 0 aromatic heterocycles. The summed E-state index contributed by atoms with van der Waals surface area (Å²) in [4.78, 5) is 0. The van der Waals surface area contributed by atoms with Gasteiger partial charge in [0, 0.05) is 6.54 Å². The number of para-hydroxylation sites is 1. The van der Waals surface area contributed by atoms with E-state index in [-0.39, 0.29) is 5.82 Å². The molecule has 0 unspecified atom stereocenters. The molecule has 3 nitrogen and oxygen atoms in total. The summed E-state index contributed by atoms with van der Waals surface area (Å²) in [6.07, 6.45) is 0. The number of fused-ring (bicyclic) bond motifs is 1. The van der Waals surface area contributed by atoms with Crippen molar-refractivity contribution in [3.8, 4) is 11.5 Å². The third-order valence-electron chi connectivity index (χ3n) is 2.96. The first kappa shape index (κ1) is 11.8. The van der Waals surface area contributed by atoms with Crippen molar-refractivity contribution in [3.63, 3.8) is 0 Å². The highest BCUT2D eigenvalue weighted by molar-refractivity contribution is 5.47. The second kappa shape index (κ2) is 5.18. The SMILES string of the molecule is Fc1ccccc1NCc1ccc2c(c1)OCCO2. The molecule has 2 aromatic rings.